The van der Waals surface area contributed by atoms with Crippen LogP contribution in [0.15, 0.2) is 12.2 Å². The number of hydrogen-bond donors (Lipinski definition) is 3. The van der Waals surface area contributed by atoms with Gasteiger partial charge in [-0.2, -0.15) is 0 Å². The van der Waals surface area contributed by atoms with Gasteiger partial charge < -0.3 is 20.1 Å². The maximum Gasteiger partial charge on any atom is 0.309 e. The van der Waals surface area contributed by atoms with Gasteiger partial charge in [-0.3, -0.25) is 24.5 Å². The zero-order valence-electron chi connectivity index (χ0n) is 35.5. The van der Waals surface area contributed by atoms with Crippen LogP contribution in [-0.2, 0) is 23.9 Å². The highest BCUT2D eigenvalue weighted by Crippen LogP contribution is 2.80. The lowest BCUT2D eigenvalue weighted by molar-refractivity contribution is -0.222. The van der Waals surface area contributed by atoms with Crippen LogP contribution in [0.5, 0.6) is 0 Å². The second kappa shape index (κ2) is 12.3. The molecule has 2 amide bonds. The summed E-state index contributed by atoms with van der Waals surface area (Å²) in [5.41, 5.74) is -0.836. The predicted molar refractivity (Wildman–Crippen MR) is 212 cm³/mol. The number of carboxylic acids is 1. The highest BCUT2D eigenvalue weighted by Gasteiger charge is 2.83. The molecule has 0 bridgehead atoms. The molecule has 8 rings (SSSR count). The summed E-state index contributed by atoms with van der Waals surface area (Å²) in [6, 6.07) is 0.0184. The largest absolute Gasteiger partial charge is 0.481 e. The molecule has 55 heavy (non-hydrogen) atoms. The number of nitrogens with zero attached hydrogens (tertiary/aromatic N) is 1. The van der Waals surface area contributed by atoms with E-state index in [0.29, 0.717) is 17.8 Å². The van der Waals surface area contributed by atoms with Crippen molar-refractivity contribution in [1.82, 2.24) is 15.5 Å². The Bertz CT molecular complexity index is 1680. The van der Waals surface area contributed by atoms with Crippen molar-refractivity contribution in [3.63, 3.8) is 0 Å². The summed E-state index contributed by atoms with van der Waals surface area (Å²) in [5, 5.41) is 17.3. The van der Waals surface area contributed by atoms with Gasteiger partial charge >= 0.3 is 11.9 Å². The number of nitrogens with one attached hydrogen (secondary N) is 2. The number of carbonyl (C=O) groups excluding carboxylic acids is 3. The SMILES string of the molecule is C=C(C)[C@@H]1CC[C@]2(C(=O)N[C@@H]3C[C@H](C(=O)N4CCCC4)C3(C)C)CC[C@]3(C)C(CC[C@@H]4[C@@]5(C)CC[C@H](OC(=O)CC(C)(C)C(=O)O)[C@@]6(C)N[C@@]56CC[C@]43C)[C@@H]12. The van der Waals surface area contributed by atoms with Crippen LogP contribution in [0.3, 0.4) is 0 Å². The van der Waals surface area contributed by atoms with E-state index in [2.05, 4.69) is 65.7 Å². The Hall–Kier alpha value is -2.42. The number of carboxylic acid groups (broad SMARTS) is 1. The van der Waals surface area contributed by atoms with E-state index < -0.39 is 22.8 Å². The van der Waals surface area contributed by atoms with E-state index in [9.17, 15) is 24.3 Å². The van der Waals surface area contributed by atoms with Crippen LogP contribution in [0.4, 0.5) is 0 Å². The Morgan fingerprint density at radius 3 is 2.18 bits per heavy atom. The smallest absolute Gasteiger partial charge is 0.309 e. The highest BCUT2D eigenvalue weighted by atomic mass is 16.5. The van der Waals surface area contributed by atoms with Gasteiger partial charge in [0.1, 0.15) is 6.10 Å². The summed E-state index contributed by atoms with van der Waals surface area (Å²) >= 11 is 0. The number of rotatable bonds is 8. The molecular weight excluding hydrogens is 691 g/mol. The lowest BCUT2D eigenvalue weighted by Crippen LogP contribution is -2.69. The summed E-state index contributed by atoms with van der Waals surface area (Å²) < 4.78 is 6.17. The van der Waals surface area contributed by atoms with Crippen molar-refractivity contribution in [3.05, 3.63) is 12.2 Å². The first-order valence-corrected chi connectivity index (χ1v) is 22.0. The summed E-state index contributed by atoms with van der Waals surface area (Å²) in [4.78, 5) is 55.4. The first-order chi connectivity index (χ1) is 25.5. The van der Waals surface area contributed by atoms with Crippen molar-refractivity contribution in [2.75, 3.05) is 13.1 Å². The molecular formula is C46H71N3O6. The third kappa shape index (κ3) is 5.11. The molecule has 8 aliphatic rings. The van der Waals surface area contributed by atoms with Gasteiger partial charge in [-0.1, -0.05) is 46.8 Å². The zero-order valence-corrected chi connectivity index (χ0v) is 35.5. The third-order valence-corrected chi connectivity index (χ3v) is 19.6. The van der Waals surface area contributed by atoms with Crippen LogP contribution >= 0.6 is 0 Å². The van der Waals surface area contributed by atoms with Crippen LogP contribution in [-0.4, -0.2) is 70.1 Å². The maximum absolute atomic E-state index is 15.0. The topological polar surface area (TPSA) is 135 Å². The Morgan fingerprint density at radius 1 is 0.873 bits per heavy atom. The third-order valence-electron chi connectivity index (χ3n) is 19.6. The number of carbonyl (C=O) groups is 4. The van der Waals surface area contributed by atoms with Gasteiger partial charge in [0.15, 0.2) is 0 Å². The fourth-order valence-electron chi connectivity index (χ4n) is 15.7. The fourth-order valence-corrected chi connectivity index (χ4v) is 15.7. The summed E-state index contributed by atoms with van der Waals surface area (Å²) in [5.74, 6) is 0.631. The molecule has 9 nitrogen and oxygen atoms in total. The number of ether oxygens (including phenoxy) is 1. The van der Waals surface area contributed by atoms with Crippen molar-refractivity contribution in [1.29, 1.82) is 0 Å². The van der Waals surface area contributed by atoms with E-state index in [0.717, 1.165) is 96.6 Å². The van der Waals surface area contributed by atoms with Crippen molar-refractivity contribution >= 4 is 23.8 Å². The number of amides is 2. The maximum atomic E-state index is 15.0. The van der Waals surface area contributed by atoms with E-state index in [4.69, 9.17) is 4.74 Å². The lowest BCUT2D eigenvalue weighted by atomic mass is 9.33. The number of hydrogen-bond acceptors (Lipinski definition) is 6. The molecule has 0 aromatic carbocycles. The standard InChI is InChI=1S/C46H71N3O6/c1-27(2)28-15-18-45(37(52)47-32-25-30(40(32,5)6)36(51)49-23-11-12-24-49)21-19-41(7)29(35(28)45)13-14-31-42(41,8)20-22-46-43(31,9)17-16-33(44(46,10)48-46)55-34(50)26-39(3,4)38(53)54/h28-33,35,48H,1,11-26H2,2-10H3,(H,47,52)(H,53,54)/t28-,29?,30+,31-,32+,33-,35+,41+,42+,43+,44+,45-,46-/m0/s1. The average Bonchev–Trinajstić information content (AvgIpc) is 3.43. The molecule has 6 aliphatic carbocycles. The van der Waals surface area contributed by atoms with Gasteiger partial charge in [-0.15, -0.1) is 0 Å². The number of allylic oxidation sites excluding steroid dienone is 1. The molecule has 1 unspecified atom stereocenters. The van der Waals surface area contributed by atoms with E-state index in [-0.39, 0.29) is 75.0 Å². The van der Waals surface area contributed by atoms with Gasteiger partial charge in [0, 0.05) is 30.6 Å². The normalized spacial score (nSPS) is 47.8. The molecule has 2 saturated heterocycles. The molecule has 9 heteroatoms. The lowest BCUT2D eigenvalue weighted by Gasteiger charge is -2.71. The second-order valence-electron chi connectivity index (χ2n) is 22.4. The van der Waals surface area contributed by atoms with Crippen LogP contribution in [0.25, 0.3) is 0 Å². The number of likely N-dealkylation sites (tertiary alicyclic amines) is 1. The monoisotopic (exact) mass is 762 g/mol. The first-order valence-electron chi connectivity index (χ1n) is 22.0. The molecule has 8 fully saturated rings. The minimum Gasteiger partial charge on any atom is -0.481 e. The Kier molecular flexibility index (Phi) is 8.81. The van der Waals surface area contributed by atoms with Crippen molar-refractivity contribution in [3.8, 4) is 0 Å². The summed E-state index contributed by atoms with van der Waals surface area (Å²) in [6.45, 7) is 26.0. The number of aliphatic carboxylic acids is 1. The van der Waals surface area contributed by atoms with Crippen LogP contribution < -0.4 is 10.6 Å². The van der Waals surface area contributed by atoms with E-state index >= 15 is 0 Å². The molecule has 13 atom stereocenters. The summed E-state index contributed by atoms with van der Waals surface area (Å²) in [6.07, 6.45) is 12.6. The molecule has 0 radical (unpaired) electrons. The molecule has 0 aromatic heterocycles. The molecule has 2 aliphatic heterocycles. The first kappa shape index (κ1) is 39.4. The van der Waals surface area contributed by atoms with E-state index in [1.54, 1.807) is 13.8 Å². The highest BCUT2D eigenvalue weighted by molar-refractivity contribution is 5.86. The molecule has 6 saturated carbocycles. The summed E-state index contributed by atoms with van der Waals surface area (Å²) in [7, 11) is 0. The van der Waals surface area contributed by atoms with E-state index in [1.165, 1.54) is 5.57 Å². The Balaban J connectivity index is 1.02. The fraction of sp³-hybridized carbons (Fsp3) is 0.870. The van der Waals surface area contributed by atoms with Gasteiger partial charge in [-0.05, 0) is 156 Å². The number of esters is 1. The van der Waals surface area contributed by atoms with Crippen LogP contribution in [0, 0.1) is 62.1 Å². The molecule has 2 heterocycles. The minimum atomic E-state index is -1.17. The van der Waals surface area contributed by atoms with Gasteiger partial charge in [0.2, 0.25) is 11.8 Å². The van der Waals surface area contributed by atoms with Gasteiger partial charge in [-0.25, -0.2) is 0 Å². The predicted octanol–water partition coefficient (Wildman–Crippen LogP) is 7.67. The van der Waals surface area contributed by atoms with Crippen molar-refractivity contribution in [2.24, 2.45) is 62.1 Å². The minimum absolute atomic E-state index is 0.0184. The van der Waals surface area contributed by atoms with Gasteiger partial charge in [0.25, 0.3) is 0 Å². The quantitative estimate of drug-likeness (QED) is 0.131. The van der Waals surface area contributed by atoms with Gasteiger partial charge in [0.05, 0.1) is 22.8 Å². The Morgan fingerprint density at radius 2 is 1.55 bits per heavy atom. The molecule has 1 spiro atoms. The van der Waals surface area contributed by atoms with Crippen LogP contribution in [0.2, 0.25) is 0 Å². The number of fused-ring (bicyclic) bond motifs is 6. The molecule has 306 valence electrons. The zero-order chi connectivity index (χ0) is 39.9. The van der Waals surface area contributed by atoms with Crippen molar-refractivity contribution < 1.29 is 29.0 Å². The van der Waals surface area contributed by atoms with Crippen LogP contribution in [0.1, 0.15) is 152 Å². The molecule has 0 aromatic rings. The second-order valence-corrected chi connectivity index (χ2v) is 22.4. The molecule has 3 N–H and O–H groups in total. The Labute approximate surface area is 330 Å². The van der Waals surface area contributed by atoms with E-state index in [1.807, 2.05) is 4.90 Å². The van der Waals surface area contributed by atoms with Crippen molar-refractivity contribution in [2.45, 2.75) is 175 Å². The average molecular weight is 762 g/mol.